The maximum absolute atomic E-state index is 13.7. The van der Waals surface area contributed by atoms with Gasteiger partial charge in [0.1, 0.15) is 5.82 Å². The molecule has 0 unspecified atom stereocenters. The van der Waals surface area contributed by atoms with Crippen LogP contribution in [0.1, 0.15) is 21.6 Å². The average molecular weight is 377 g/mol. The van der Waals surface area contributed by atoms with Gasteiger partial charge in [-0.3, -0.25) is 9.59 Å². The lowest BCUT2D eigenvalue weighted by atomic mass is 10.0. The van der Waals surface area contributed by atoms with Crippen molar-refractivity contribution in [1.29, 1.82) is 0 Å². The molecule has 28 heavy (non-hydrogen) atoms. The molecule has 0 saturated carbocycles. The summed E-state index contributed by atoms with van der Waals surface area (Å²) >= 11 is 0. The fourth-order valence-corrected chi connectivity index (χ4v) is 3.63. The van der Waals surface area contributed by atoms with Crippen LogP contribution in [0.25, 0.3) is 10.9 Å². The van der Waals surface area contributed by atoms with Gasteiger partial charge in [0, 0.05) is 60.0 Å². The highest BCUT2D eigenvalue weighted by Gasteiger charge is 2.25. The predicted octanol–water partition coefficient (Wildman–Crippen LogP) is 3.65. The molecule has 2 aromatic carbocycles. The molecule has 2 heterocycles. The van der Waals surface area contributed by atoms with Crippen molar-refractivity contribution in [1.82, 2.24) is 9.88 Å². The summed E-state index contributed by atoms with van der Waals surface area (Å²) in [6.07, 6.45) is 1.94. The number of carbonyl (C=O) groups is 2. The van der Waals surface area contributed by atoms with Gasteiger partial charge in [0.25, 0.3) is 5.91 Å². The molecule has 5 nitrogen and oxygen atoms in total. The Morgan fingerprint density at radius 2 is 1.96 bits per heavy atom. The molecule has 1 aliphatic heterocycles. The topological polar surface area (TPSA) is 56.4 Å². The number of aromatic amines is 1. The molecule has 0 atom stereocenters. The molecule has 1 aromatic heterocycles. The summed E-state index contributed by atoms with van der Waals surface area (Å²) in [5, 5.41) is 0.826. The van der Waals surface area contributed by atoms with E-state index >= 15 is 0 Å². The maximum Gasteiger partial charge on any atom is 0.254 e. The lowest BCUT2D eigenvalue weighted by molar-refractivity contribution is -0.113. The number of likely N-dealkylation sites (N-methyl/N-ethyl adjacent to an activating group) is 1. The molecule has 0 fully saturated rings. The number of hydrogen-bond donors (Lipinski definition) is 1. The second-order valence-electron chi connectivity index (χ2n) is 6.90. The Labute approximate surface area is 162 Å². The summed E-state index contributed by atoms with van der Waals surface area (Å²) in [6.45, 7) is 4.51. The van der Waals surface area contributed by atoms with Crippen LogP contribution in [0.5, 0.6) is 0 Å². The molecule has 0 spiro atoms. The number of H-pyrrole nitrogens is 1. The fraction of sp³-hybridized carbons (Fsp3) is 0.182. The number of rotatable bonds is 3. The van der Waals surface area contributed by atoms with Crippen LogP contribution < -0.4 is 4.90 Å². The molecule has 1 aliphatic rings. The van der Waals surface area contributed by atoms with E-state index in [4.69, 9.17) is 0 Å². The third-order valence-electron chi connectivity index (χ3n) is 5.23. The van der Waals surface area contributed by atoms with Crippen LogP contribution in [0, 0.1) is 5.82 Å². The lowest BCUT2D eigenvalue weighted by Crippen LogP contribution is -2.35. The summed E-state index contributed by atoms with van der Waals surface area (Å²) < 4.78 is 13.7. The largest absolute Gasteiger partial charge is 0.358 e. The van der Waals surface area contributed by atoms with Gasteiger partial charge in [0.05, 0.1) is 0 Å². The Morgan fingerprint density at radius 3 is 2.68 bits per heavy atom. The zero-order chi connectivity index (χ0) is 19.8. The van der Waals surface area contributed by atoms with E-state index in [1.54, 1.807) is 42.3 Å². The first kappa shape index (κ1) is 18.0. The highest BCUT2D eigenvalue weighted by atomic mass is 19.1. The van der Waals surface area contributed by atoms with Gasteiger partial charge >= 0.3 is 0 Å². The van der Waals surface area contributed by atoms with E-state index in [9.17, 15) is 14.0 Å². The molecule has 6 heteroatoms. The minimum absolute atomic E-state index is 0.0827. The SMILES string of the molecule is C=CC(=O)N(C)c1ccc(C(=O)N2CCc3[nH]c4ccc(F)cc4c3C2)cc1. The van der Waals surface area contributed by atoms with Crippen molar-refractivity contribution in [2.75, 3.05) is 18.5 Å². The number of nitrogens with zero attached hydrogens (tertiary/aromatic N) is 2. The van der Waals surface area contributed by atoms with Gasteiger partial charge in [-0.25, -0.2) is 4.39 Å². The number of aromatic nitrogens is 1. The first-order valence-corrected chi connectivity index (χ1v) is 9.06. The molecule has 2 amide bonds. The summed E-state index contributed by atoms with van der Waals surface area (Å²) in [4.78, 5) is 31.2. The monoisotopic (exact) mass is 377 g/mol. The van der Waals surface area contributed by atoms with Crippen molar-refractivity contribution in [3.05, 3.63) is 77.8 Å². The maximum atomic E-state index is 13.7. The lowest BCUT2D eigenvalue weighted by Gasteiger charge is -2.27. The highest BCUT2D eigenvalue weighted by molar-refractivity contribution is 6.01. The zero-order valence-corrected chi connectivity index (χ0v) is 15.5. The highest BCUT2D eigenvalue weighted by Crippen LogP contribution is 2.29. The van der Waals surface area contributed by atoms with E-state index in [-0.39, 0.29) is 17.6 Å². The molecule has 0 radical (unpaired) electrons. The van der Waals surface area contributed by atoms with Gasteiger partial charge in [0.2, 0.25) is 5.91 Å². The number of fused-ring (bicyclic) bond motifs is 3. The van der Waals surface area contributed by atoms with E-state index in [2.05, 4.69) is 11.6 Å². The van der Waals surface area contributed by atoms with Crippen LogP contribution in [0.4, 0.5) is 10.1 Å². The summed E-state index contributed by atoms with van der Waals surface area (Å²) in [7, 11) is 1.66. The van der Waals surface area contributed by atoms with Gasteiger partial charge in [-0.2, -0.15) is 0 Å². The average Bonchev–Trinajstić information content (AvgIpc) is 3.09. The van der Waals surface area contributed by atoms with Crippen molar-refractivity contribution in [2.45, 2.75) is 13.0 Å². The Kier molecular flexibility index (Phi) is 4.47. The number of benzene rings is 2. The molecule has 0 bridgehead atoms. The van der Waals surface area contributed by atoms with Gasteiger partial charge in [0.15, 0.2) is 0 Å². The van der Waals surface area contributed by atoms with Crippen molar-refractivity contribution in [3.63, 3.8) is 0 Å². The van der Waals surface area contributed by atoms with E-state index in [0.29, 0.717) is 30.8 Å². The van der Waals surface area contributed by atoms with Crippen LogP contribution in [0.3, 0.4) is 0 Å². The second kappa shape index (κ2) is 6.96. The van der Waals surface area contributed by atoms with Crippen molar-refractivity contribution >= 4 is 28.4 Å². The van der Waals surface area contributed by atoms with Crippen LogP contribution in [-0.2, 0) is 17.8 Å². The third kappa shape index (κ3) is 3.07. The molecule has 0 saturated heterocycles. The van der Waals surface area contributed by atoms with Crippen LogP contribution >= 0.6 is 0 Å². The van der Waals surface area contributed by atoms with Gasteiger partial charge in [-0.1, -0.05) is 6.58 Å². The zero-order valence-electron chi connectivity index (χ0n) is 15.5. The molecular formula is C22H20FN3O2. The molecule has 0 aliphatic carbocycles. The Balaban J connectivity index is 1.56. The van der Waals surface area contributed by atoms with Gasteiger partial charge < -0.3 is 14.8 Å². The normalized spacial score (nSPS) is 13.3. The van der Waals surface area contributed by atoms with Crippen molar-refractivity contribution < 1.29 is 14.0 Å². The standard InChI is InChI=1S/C22H20FN3O2/c1-3-21(27)25(2)16-7-4-14(5-8-16)22(28)26-11-10-20-18(13-26)17-12-15(23)6-9-19(17)24-20/h3-9,12,24H,1,10-11,13H2,2H3. The molecular weight excluding hydrogens is 357 g/mol. The Morgan fingerprint density at radius 1 is 1.21 bits per heavy atom. The van der Waals surface area contributed by atoms with E-state index < -0.39 is 0 Å². The number of carbonyl (C=O) groups excluding carboxylic acids is 2. The first-order valence-electron chi connectivity index (χ1n) is 9.06. The Bertz CT molecular complexity index is 1090. The van der Waals surface area contributed by atoms with Crippen LogP contribution in [-0.4, -0.2) is 35.3 Å². The molecule has 3 aromatic rings. The third-order valence-corrected chi connectivity index (χ3v) is 5.23. The Hall–Kier alpha value is -3.41. The quantitative estimate of drug-likeness (QED) is 0.709. The summed E-state index contributed by atoms with van der Waals surface area (Å²) in [5.41, 5.74) is 4.17. The smallest absolute Gasteiger partial charge is 0.254 e. The fourth-order valence-electron chi connectivity index (χ4n) is 3.63. The number of halogens is 1. The first-order chi connectivity index (χ1) is 13.5. The van der Waals surface area contributed by atoms with Crippen molar-refractivity contribution in [2.24, 2.45) is 0 Å². The minimum Gasteiger partial charge on any atom is -0.358 e. The number of anilines is 1. The predicted molar refractivity (Wildman–Crippen MR) is 107 cm³/mol. The second-order valence-corrected chi connectivity index (χ2v) is 6.90. The van der Waals surface area contributed by atoms with E-state index in [1.165, 1.54) is 23.1 Å². The summed E-state index contributed by atoms with van der Waals surface area (Å²) in [5.74, 6) is -0.582. The van der Waals surface area contributed by atoms with Gasteiger partial charge in [-0.15, -0.1) is 0 Å². The number of hydrogen-bond acceptors (Lipinski definition) is 2. The molecule has 142 valence electrons. The van der Waals surface area contributed by atoms with Gasteiger partial charge in [-0.05, 0) is 48.5 Å². The molecule has 1 N–H and O–H groups in total. The number of nitrogens with one attached hydrogen (secondary N) is 1. The van der Waals surface area contributed by atoms with Crippen molar-refractivity contribution in [3.8, 4) is 0 Å². The van der Waals surface area contributed by atoms with Crippen LogP contribution in [0.15, 0.2) is 55.1 Å². The summed E-state index contributed by atoms with van der Waals surface area (Å²) in [6, 6.07) is 11.6. The van der Waals surface area contributed by atoms with E-state index in [1.807, 2.05) is 0 Å². The molecule has 4 rings (SSSR count). The van der Waals surface area contributed by atoms with Crippen LogP contribution in [0.2, 0.25) is 0 Å². The minimum atomic E-state index is -0.286. The van der Waals surface area contributed by atoms with E-state index in [0.717, 1.165) is 22.2 Å². The number of amides is 2.